The quantitative estimate of drug-likeness (QED) is 0.855. The number of aryl methyl sites for hydroxylation is 1. The van der Waals surface area contributed by atoms with Gasteiger partial charge >= 0.3 is 0 Å². The Labute approximate surface area is 140 Å². The van der Waals surface area contributed by atoms with Gasteiger partial charge in [-0.05, 0) is 30.4 Å². The number of carbonyl (C=O) groups excluding carboxylic acids is 1. The van der Waals surface area contributed by atoms with E-state index in [-0.39, 0.29) is 23.4 Å². The van der Waals surface area contributed by atoms with Gasteiger partial charge in [-0.25, -0.2) is 13.6 Å². The molecule has 1 aromatic carbocycles. The number of sulfonamides is 1. The number of carbonyl (C=O) groups is 1. The smallest absolute Gasteiger partial charge is 0.242 e. The van der Waals surface area contributed by atoms with E-state index in [9.17, 15) is 13.2 Å². The first kappa shape index (κ1) is 16.7. The summed E-state index contributed by atoms with van der Waals surface area (Å²) in [7, 11) is -3.81. The van der Waals surface area contributed by atoms with Gasteiger partial charge < -0.3 is 5.32 Å². The molecule has 0 saturated heterocycles. The summed E-state index contributed by atoms with van der Waals surface area (Å²) >= 11 is 0. The molecule has 24 heavy (non-hydrogen) atoms. The van der Waals surface area contributed by atoms with Crippen LogP contribution in [-0.4, -0.2) is 24.1 Å². The Morgan fingerprint density at radius 1 is 1.46 bits per heavy atom. The highest BCUT2D eigenvalue weighted by Gasteiger charge is 2.30. The predicted octanol–water partition coefficient (Wildman–Crippen LogP) is 0.889. The lowest BCUT2D eigenvalue weighted by Crippen LogP contribution is -2.33. The van der Waals surface area contributed by atoms with E-state index in [1.54, 1.807) is 0 Å². The summed E-state index contributed by atoms with van der Waals surface area (Å²) in [4.78, 5) is 12.2. The molecule has 1 aromatic heterocycles. The SMILES string of the molecule is Cc1ccc2c(c1)[C@@H](NC(=O)Cn1cc(S(N)(=O)=O)cn1)[C@H](C)C2. The molecule has 0 aliphatic heterocycles. The molecular weight excluding hydrogens is 328 g/mol. The number of fused-ring (bicyclic) bond motifs is 1. The Morgan fingerprint density at radius 2 is 2.21 bits per heavy atom. The number of nitrogens with zero attached hydrogens (tertiary/aromatic N) is 2. The maximum atomic E-state index is 12.3. The van der Waals surface area contributed by atoms with Crippen LogP contribution in [0, 0.1) is 12.8 Å². The lowest BCUT2D eigenvalue weighted by molar-refractivity contribution is -0.122. The molecule has 1 aliphatic rings. The van der Waals surface area contributed by atoms with Crippen LogP contribution in [0.1, 0.15) is 29.7 Å². The van der Waals surface area contributed by atoms with Crippen LogP contribution in [0.15, 0.2) is 35.5 Å². The average molecular weight is 348 g/mol. The van der Waals surface area contributed by atoms with Crippen molar-refractivity contribution in [3.63, 3.8) is 0 Å². The number of hydrogen-bond donors (Lipinski definition) is 2. The summed E-state index contributed by atoms with van der Waals surface area (Å²) in [5.41, 5.74) is 3.57. The number of hydrogen-bond acceptors (Lipinski definition) is 4. The Hall–Kier alpha value is -2.19. The molecule has 128 valence electrons. The Bertz CT molecular complexity index is 888. The van der Waals surface area contributed by atoms with E-state index in [1.165, 1.54) is 16.4 Å². The van der Waals surface area contributed by atoms with Crippen molar-refractivity contribution in [2.75, 3.05) is 0 Å². The molecule has 2 aromatic rings. The summed E-state index contributed by atoms with van der Waals surface area (Å²) in [6.45, 7) is 4.08. The Kier molecular flexibility index (Phi) is 4.18. The van der Waals surface area contributed by atoms with Gasteiger partial charge in [0.1, 0.15) is 11.4 Å². The fourth-order valence-electron chi connectivity index (χ4n) is 3.13. The minimum atomic E-state index is -3.81. The molecule has 0 radical (unpaired) electrons. The van der Waals surface area contributed by atoms with Crippen LogP contribution in [0.25, 0.3) is 0 Å². The lowest BCUT2D eigenvalue weighted by atomic mass is 10.0. The van der Waals surface area contributed by atoms with Crippen molar-refractivity contribution in [2.24, 2.45) is 11.1 Å². The third kappa shape index (κ3) is 3.34. The van der Waals surface area contributed by atoms with Gasteiger partial charge in [0.25, 0.3) is 0 Å². The number of aromatic nitrogens is 2. The number of nitrogens with one attached hydrogen (secondary N) is 1. The van der Waals surface area contributed by atoms with Gasteiger partial charge in [-0.2, -0.15) is 5.10 Å². The Morgan fingerprint density at radius 3 is 2.88 bits per heavy atom. The molecule has 0 saturated carbocycles. The van der Waals surface area contributed by atoms with Crippen molar-refractivity contribution in [2.45, 2.75) is 37.8 Å². The molecule has 0 bridgehead atoms. The van der Waals surface area contributed by atoms with Gasteiger partial charge in [0, 0.05) is 6.20 Å². The second kappa shape index (κ2) is 6.03. The maximum absolute atomic E-state index is 12.3. The first-order chi connectivity index (χ1) is 11.2. The predicted molar refractivity (Wildman–Crippen MR) is 88.5 cm³/mol. The highest BCUT2D eigenvalue weighted by Crippen LogP contribution is 2.36. The number of rotatable bonds is 4. The summed E-state index contributed by atoms with van der Waals surface area (Å²) in [5.74, 6) is 0.0913. The normalized spacial score (nSPS) is 20.0. The van der Waals surface area contributed by atoms with Crippen molar-refractivity contribution in [1.82, 2.24) is 15.1 Å². The molecule has 3 rings (SSSR count). The lowest BCUT2D eigenvalue weighted by Gasteiger charge is -2.19. The summed E-state index contributed by atoms with van der Waals surface area (Å²) in [6, 6.07) is 6.25. The molecule has 1 amide bonds. The van der Waals surface area contributed by atoms with Crippen LogP contribution >= 0.6 is 0 Å². The summed E-state index contributed by atoms with van der Waals surface area (Å²) < 4.78 is 23.8. The van der Waals surface area contributed by atoms with Gasteiger partial charge in [-0.15, -0.1) is 0 Å². The molecule has 2 atom stereocenters. The van der Waals surface area contributed by atoms with Crippen LogP contribution in [0.2, 0.25) is 0 Å². The first-order valence-corrected chi connectivity index (χ1v) is 9.23. The zero-order valence-electron chi connectivity index (χ0n) is 13.6. The van der Waals surface area contributed by atoms with E-state index in [2.05, 4.69) is 35.5 Å². The fourth-order valence-corrected chi connectivity index (χ4v) is 3.59. The number of benzene rings is 1. The minimum Gasteiger partial charge on any atom is -0.347 e. The highest BCUT2D eigenvalue weighted by molar-refractivity contribution is 7.89. The van der Waals surface area contributed by atoms with Crippen LogP contribution in [0.4, 0.5) is 0 Å². The van der Waals surface area contributed by atoms with Gasteiger partial charge in [0.15, 0.2) is 0 Å². The van der Waals surface area contributed by atoms with Gasteiger partial charge in [0.2, 0.25) is 15.9 Å². The summed E-state index contributed by atoms with van der Waals surface area (Å²) in [6.07, 6.45) is 3.32. The van der Waals surface area contributed by atoms with Gasteiger partial charge in [0.05, 0.1) is 12.2 Å². The number of primary sulfonamides is 1. The van der Waals surface area contributed by atoms with Crippen LogP contribution in [-0.2, 0) is 27.8 Å². The molecule has 3 N–H and O–H groups in total. The van der Waals surface area contributed by atoms with Gasteiger partial charge in [-0.1, -0.05) is 30.7 Å². The second-order valence-electron chi connectivity index (χ2n) is 6.35. The van der Waals surface area contributed by atoms with Crippen molar-refractivity contribution < 1.29 is 13.2 Å². The average Bonchev–Trinajstić information content (AvgIpc) is 3.05. The molecule has 7 nitrogen and oxygen atoms in total. The largest absolute Gasteiger partial charge is 0.347 e. The van der Waals surface area contributed by atoms with Crippen molar-refractivity contribution >= 4 is 15.9 Å². The maximum Gasteiger partial charge on any atom is 0.242 e. The topological polar surface area (TPSA) is 107 Å². The van der Waals surface area contributed by atoms with E-state index in [0.29, 0.717) is 5.92 Å². The van der Waals surface area contributed by atoms with Gasteiger partial charge in [-0.3, -0.25) is 9.48 Å². The van der Waals surface area contributed by atoms with E-state index in [4.69, 9.17) is 5.14 Å². The summed E-state index contributed by atoms with van der Waals surface area (Å²) in [5, 5.41) is 11.9. The first-order valence-electron chi connectivity index (χ1n) is 7.68. The third-order valence-corrected chi connectivity index (χ3v) is 5.18. The van der Waals surface area contributed by atoms with Crippen LogP contribution < -0.4 is 10.5 Å². The van der Waals surface area contributed by atoms with Crippen molar-refractivity contribution in [3.05, 3.63) is 47.3 Å². The Balaban J connectivity index is 1.72. The van der Waals surface area contributed by atoms with Crippen LogP contribution in [0.3, 0.4) is 0 Å². The monoisotopic (exact) mass is 348 g/mol. The van der Waals surface area contributed by atoms with E-state index < -0.39 is 10.0 Å². The minimum absolute atomic E-state index is 0.0410. The molecule has 8 heteroatoms. The molecular formula is C16H20N4O3S. The zero-order valence-corrected chi connectivity index (χ0v) is 14.4. The molecule has 0 unspecified atom stereocenters. The van der Waals surface area contributed by atoms with E-state index >= 15 is 0 Å². The highest BCUT2D eigenvalue weighted by atomic mass is 32.2. The standard InChI is InChI=1S/C16H20N4O3S/c1-10-3-4-12-6-11(2)16(14(12)5-10)19-15(21)9-20-8-13(7-18-20)24(17,22)23/h3-5,7-8,11,16H,6,9H2,1-2H3,(H,19,21)(H2,17,22,23)/t11-,16+/m1/s1. The fraction of sp³-hybridized carbons (Fsp3) is 0.375. The third-order valence-electron chi connectivity index (χ3n) is 4.31. The molecule has 0 spiro atoms. The zero-order chi connectivity index (χ0) is 17.5. The molecule has 1 aliphatic carbocycles. The number of amides is 1. The van der Waals surface area contributed by atoms with Crippen molar-refractivity contribution in [1.29, 1.82) is 0 Å². The second-order valence-corrected chi connectivity index (χ2v) is 7.91. The molecule has 0 fully saturated rings. The number of nitrogens with two attached hydrogens (primary N) is 1. The van der Waals surface area contributed by atoms with E-state index in [1.807, 2.05) is 6.92 Å². The van der Waals surface area contributed by atoms with E-state index in [0.717, 1.165) is 23.7 Å². The van der Waals surface area contributed by atoms with Crippen LogP contribution in [0.5, 0.6) is 0 Å². The van der Waals surface area contributed by atoms with Crippen molar-refractivity contribution in [3.8, 4) is 0 Å². The molecule has 1 heterocycles.